The maximum Gasteiger partial charge on any atom is 0.257 e. The quantitative estimate of drug-likeness (QED) is 0.837. The molecule has 0 atom stereocenters. The number of nitrogens with one attached hydrogen (secondary N) is 1. The average Bonchev–Trinajstić information content (AvgIpc) is 2.45. The lowest BCUT2D eigenvalue weighted by molar-refractivity contribution is 0.102. The van der Waals surface area contributed by atoms with E-state index in [1.807, 2.05) is 25.1 Å². The van der Waals surface area contributed by atoms with Gasteiger partial charge in [0.25, 0.3) is 5.91 Å². The van der Waals surface area contributed by atoms with Gasteiger partial charge in [0, 0.05) is 11.3 Å². The molecule has 0 unspecified atom stereocenters. The second-order valence-electron chi connectivity index (χ2n) is 4.53. The van der Waals surface area contributed by atoms with Crippen LogP contribution < -0.4 is 11.1 Å². The van der Waals surface area contributed by atoms with Crippen LogP contribution in [0.15, 0.2) is 42.5 Å². The number of carbonyl (C=O) groups excluding carboxylic acids is 1. The minimum absolute atomic E-state index is 0.246. The van der Waals surface area contributed by atoms with Gasteiger partial charge in [0.15, 0.2) is 0 Å². The SMILES string of the molecule is Cc1cc(C#CCN)cc(NC(=O)c2ccccc2Cl)c1. The van der Waals surface area contributed by atoms with E-state index in [0.717, 1.165) is 11.1 Å². The van der Waals surface area contributed by atoms with E-state index in [0.29, 0.717) is 22.8 Å². The number of halogens is 1. The van der Waals surface area contributed by atoms with E-state index < -0.39 is 0 Å². The topological polar surface area (TPSA) is 55.1 Å². The summed E-state index contributed by atoms with van der Waals surface area (Å²) < 4.78 is 0. The first-order valence-electron chi connectivity index (χ1n) is 6.46. The van der Waals surface area contributed by atoms with Crippen molar-refractivity contribution in [1.82, 2.24) is 0 Å². The Hall–Kier alpha value is -2.28. The Morgan fingerprint density at radius 2 is 2.05 bits per heavy atom. The summed E-state index contributed by atoms with van der Waals surface area (Å²) in [5, 5.41) is 3.26. The molecule has 0 aliphatic rings. The molecular formula is C17H15ClN2O. The molecular weight excluding hydrogens is 284 g/mol. The molecule has 106 valence electrons. The van der Waals surface area contributed by atoms with Crippen LogP contribution >= 0.6 is 11.6 Å². The number of nitrogens with two attached hydrogens (primary N) is 1. The Labute approximate surface area is 129 Å². The van der Waals surface area contributed by atoms with E-state index in [-0.39, 0.29) is 5.91 Å². The van der Waals surface area contributed by atoms with Crippen molar-refractivity contribution in [2.45, 2.75) is 6.92 Å². The summed E-state index contributed by atoms with van der Waals surface area (Å²) in [6, 6.07) is 12.6. The van der Waals surface area contributed by atoms with Crippen LogP contribution in [0.1, 0.15) is 21.5 Å². The molecule has 1 amide bonds. The maximum absolute atomic E-state index is 12.2. The van der Waals surface area contributed by atoms with E-state index in [2.05, 4.69) is 17.2 Å². The van der Waals surface area contributed by atoms with E-state index >= 15 is 0 Å². The molecule has 3 N–H and O–H groups in total. The molecule has 2 rings (SSSR count). The number of aryl methyl sites for hydroxylation is 1. The highest BCUT2D eigenvalue weighted by Crippen LogP contribution is 2.19. The van der Waals surface area contributed by atoms with Crippen LogP contribution in [0.5, 0.6) is 0 Å². The zero-order valence-corrected chi connectivity index (χ0v) is 12.4. The smallest absolute Gasteiger partial charge is 0.257 e. The van der Waals surface area contributed by atoms with Crippen molar-refractivity contribution < 1.29 is 4.79 Å². The molecule has 2 aromatic carbocycles. The fraction of sp³-hybridized carbons (Fsp3) is 0.118. The molecule has 3 nitrogen and oxygen atoms in total. The first kappa shape index (κ1) is 15.1. The Kier molecular flexibility index (Phi) is 4.99. The van der Waals surface area contributed by atoms with Gasteiger partial charge in [-0.05, 0) is 42.8 Å². The van der Waals surface area contributed by atoms with Crippen LogP contribution in [0.4, 0.5) is 5.69 Å². The number of carbonyl (C=O) groups is 1. The minimum atomic E-state index is -0.246. The van der Waals surface area contributed by atoms with Gasteiger partial charge < -0.3 is 11.1 Å². The number of hydrogen-bond acceptors (Lipinski definition) is 2. The van der Waals surface area contributed by atoms with E-state index in [1.54, 1.807) is 24.3 Å². The Morgan fingerprint density at radius 3 is 2.76 bits per heavy atom. The highest BCUT2D eigenvalue weighted by atomic mass is 35.5. The van der Waals surface area contributed by atoms with Gasteiger partial charge in [0.05, 0.1) is 17.1 Å². The summed E-state index contributed by atoms with van der Waals surface area (Å²) in [5.41, 5.74) is 8.31. The van der Waals surface area contributed by atoms with Crippen molar-refractivity contribution in [2.24, 2.45) is 5.73 Å². The Morgan fingerprint density at radius 1 is 1.29 bits per heavy atom. The molecule has 0 aromatic heterocycles. The third-order valence-electron chi connectivity index (χ3n) is 2.79. The average molecular weight is 299 g/mol. The third kappa shape index (κ3) is 4.09. The Balaban J connectivity index is 2.25. The Bertz CT molecular complexity index is 729. The lowest BCUT2D eigenvalue weighted by Crippen LogP contribution is -2.12. The van der Waals surface area contributed by atoms with Gasteiger partial charge >= 0.3 is 0 Å². The molecule has 0 fully saturated rings. The molecule has 0 radical (unpaired) electrons. The number of rotatable bonds is 2. The van der Waals surface area contributed by atoms with Gasteiger partial charge in [-0.25, -0.2) is 0 Å². The van der Waals surface area contributed by atoms with Crippen molar-refractivity contribution in [3.8, 4) is 11.8 Å². The predicted molar refractivity (Wildman–Crippen MR) is 86.5 cm³/mol. The number of amides is 1. The fourth-order valence-electron chi connectivity index (χ4n) is 1.92. The van der Waals surface area contributed by atoms with Gasteiger partial charge in [-0.2, -0.15) is 0 Å². The summed E-state index contributed by atoms with van der Waals surface area (Å²) in [6.45, 7) is 2.24. The monoisotopic (exact) mass is 298 g/mol. The first-order chi connectivity index (χ1) is 10.1. The van der Waals surface area contributed by atoms with Crippen LogP contribution in [0.3, 0.4) is 0 Å². The van der Waals surface area contributed by atoms with Crippen LogP contribution in [-0.4, -0.2) is 12.5 Å². The third-order valence-corrected chi connectivity index (χ3v) is 3.12. The maximum atomic E-state index is 12.2. The first-order valence-corrected chi connectivity index (χ1v) is 6.84. The largest absolute Gasteiger partial charge is 0.322 e. The van der Waals surface area contributed by atoms with E-state index in [1.165, 1.54) is 0 Å². The lowest BCUT2D eigenvalue weighted by atomic mass is 10.1. The highest BCUT2D eigenvalue weighted by molar-refractivity contribution is 6.34. The minimum Gasteiger partial charge on any atom is -0.322 e. The molecule has 0 bridgehead atoms. The zero-order chi connectivity index (χ0) is 15.2. The normalized spacial score (nSPS) is 9.67. The summed E-state index contributed by atoms with van der Waals surface area (Å²) >= 11 is 6.02. The van der Waals surface area contributed by atoms with Crippen molar-refractivity contribution in [1.29, 1.82) is 0 Å². The highest BCUT2D eigenvalue weighted by Gasteiger charge is 2.10. The van der Waals surface area contributed by atoms with Crippen molar-refractivity contribution in [3.63, 3.8) is 0 Å². The molecule has 0 aliphatic carbocycles. The van der Waals surface area contributed by atoms with Gasteiger partial charge in [-0.1, -0.05) is 35.6 Å². The molecule has 4 heteroatoms. The van der Waals surface area contributed by atoms with Crippen LogP contribution in [0, 0.1) is 18.8 Å². The number of benzene rings is 2. The summed E-state index contributed by atoms with van der Waals surface area (Å²) in [5.74, 6) is 5.51. The molecule has 0 spiro atoms. The van der Waals surface area contributed by atoms with Crippen LogP contribution in [0.25, 0.3) is 0 Å². The molecule has 2 aromatic rings. The van der Waals surface area contributed by atoms with Gasteiger partial charge in [0.1, 0.15) is 0 Å². The molecule has 0 saturated heterocycles. The van der Waals surface area contributed by atoms with Crippen molar-refractivity contribution in [2.75, 3.05) is 11.9 Å². The molecule has 0 saturated carbocycles. The second-order valence-corrected chi connectivity index (χ2v) is 4.93. The molecule has 0 aliphatic heterocycles. The number of anilines is 1. The lowest BCUT2D eigenvalue weighted by Gasteiger charge is -2.08. The van der Waals surface area contributed by atoms with Gasteiger partial charge in [-0.15, -0.1) is 0 Å². The van der Waals surface area contributed by atoms with Gasteiger partial charge in [0.2, 0.25) is 0 Å². The second kappa shape index (κ2) is 6.94. The van der Waals surface area contributed by atoms with Gasteiger partial charge in [-0.3, -0.25) is 4.79 Å². The predicted octanol–water partition coefficient (Wildman–Crippen LogP) is 3.21. The van der Waals surface area contributed by atoms with Crippen LogP contribution in [-0.2, 0) is 0 Å². The summed E-state index contributed by atoms with van der Waals surface area (Å²) in [6.07, 6.45) is 0. The van der Waals surface area contributed by atoms with E-state index in [4.69, 9.17) is 17.3 Å². The summed E-state index contributed by atoms with van der Waals surface area (Å²) in [7, 11) is 0. The standard InChI is InChI=1S/C17H15ClN2O/c1-12-9-13(5-4-8-19)11-14(10-12)20-17(21)15-6-2-3-7-16(15)18/h2-3,6-7,9-11H,8,19H2,1H3,(H,20,21). The zero-order valence-electron chi connectivity index (χ0n) is 11.6. The van der Waals surface area contributed by atoms with Crippen molar-refractivity contribution in [3.05, 3.63) is 64.2 Å². The van der Waals surface area contributed by atoms with E-state index in [9.17, 15) is 4.79 Å². The fourth-order valence-corrected chi connectivity index (χ4v) is 2.15. The number of hydrogen-bond donors (Lipinski definition) is 2. The molecule has 0 heterocycles. The summed E-state index contributed by atoms with van der Waals surface area (Å²) in [4.78, 5) is 12.2. The molecule has 21 heavy (non-hydrogen) atoms. The van der Waals surface area contributed by atoms with Crippen LogP contribution in [0.2, 0.25) is 5.02 Å². The van der Waals surface area contributed by atoms with Crippen molar-refractivity contribution >= 4 is 23.2 Å².